The fraction of sp³-hybridized carbons (Fsp3) is 0.524. The van der Waals surface area contributed by atoms with E-state index in [9.17, 15) is 9.59 Å². The number of benzene rings is 1. The van der Waals surface area contributed by atoms with E-state index in [-0.39, 0.29) is 25.2 Å². The minimum absolute atomic E-state index is 0.114. The molecule has 0 saturated heterocycles. The van der Waals surface area contributed by atoms with E-state index in [1.807, 2.05) is 36.4 Å². The van der Waals surface area contributed by atoms with Crippen molar-refractivity contribution in [3.8, 4) is 0 Å². The van der Waals surface area contributed by atoms with E-state index in [2.05, 4.69) is 5.32 Å². The summed E-state index contributed by atoms with van der Waals surface area (Å²) in [6.07, 6.45) is 10.4. The van der Waals surface area contributed by atoms with Gasteiger partial charge in [0.1, 0.15) is 13.2 Å². The molecule has 2 rings (SSSR count). The molecule has 0 unspecified atom stereocenters. The minimum atomic E-state index is -0.424. The van der Waals surface area contributed by atoms with E-state index in [4.69, 9.17) is 9.47 Å². The molecule has 1 aliphatic carbocycles. The number of rotatable bonds is 8. The Morgan fingerprint density at radius 3 is 2.58 bits per heavy atom. The van der Waals surface area contributed by atoms with Gasteiger partial charge in [0, 0.05) is 6.92 Å². The van der Waals surface area contributed by atoms with Crippen LogP contribution in [0.1, 0.15) is 51.0 Å². The summed E-state index contributed by atoms with van der Waals surface area (Å²) in [5.41, 5.74) is 0.955. The molecule has 0 bridgehead atoms. The van der Waals surface area contributed by atoms with Gasteiger partial charge in [-0.3, -0.25) is 4.79 Å². The molecule has 1 aromatic rings. The Morgan fingerprint density at radius 1 is 1.15 bits per heavy atom. The Hall–Kier alpha value is -2.30. The number of carbonyl (C=O) groups excluding carboxylic acids is 2. The lowest BCUT2D eigenvalue weighted by atomic mass is 9.85. The normalized spacial score (nSPS) is 16.2. The molecule has 5 heteroatoms. The zero-order chi connectivity index (χ0) is 18.6. The third kappa shape index (κ3) is 8.19. The van der Waals surface area contributed by atoms with Crippen molar-refractivity contribution in [1.29, 1.82) is 0 Å². The average molecular weight is 359 g/mol. The Bertz CT molecular complexity index is 579. The van der Waals surface area contributed by atoms with Crippen LogP contribution in [0.5, 0.6) is 0 Å². The van der Waals surface area contributed by atoms with Crippen molar-refractivity contribution in [2.75, 3.05) is 6.61 Å². The quantitative estimate of drug-likeness (QED) is 0.553. The highest BCUT2D eigenvalue weighted by Crippen LogP contribution is 2.27. The first kappa shape index (κ1) is 20.0. The Morgan fingerprint density at radius 2 is 1.88 bits per heavy atom. The van der Waals surface area contributed by atoms with Gasteiger partial charge >= 0.3 is 12.1 Å². The van der Waals surface area contributed by atoms with Crippen LogP contribution in [0.15, 0.2) is 42.5 Å². The predicted molar refractivity (Wildman–Crippen MR) is 101 cm³/mol. The second-order valence-electron chi connectivity index (χ2n) is 6.78. The largest absolute Gasteiger partial charge is 0.462 e. The monoisotopic (exact) mass is 359 g/mol. The van der Waals surface area contributed by atoms with Crippen molar-refractivity contribution in [3.05, 3.63) is 48.0 Å². The molecule has 0 aliphatic heterocycles. The zero-order valence-corrected chi connectivity index (χ0v) is 15.5. The maximum Gasteiger partial charge on any atom is 0.407 e. The number of ether oxygens (including phenoxy) is 2. The van der Waals surface area contributed by atoms with E-state index >= 15 is 0 Å². The number of amides is 1. The van der Waals surface area contributed by atoms with Crippen molar-refractivity contribution in [3.63, 3.8) is 0 Å². The van der Waals surface area contributed by atoms with Gasteiger partial charge in [-0.25, -0.2) is 4.79 Å². The van der Waals surface area contributed by atoms with Gasteiger partial charge in [-0.1, -0.05) is 68.5 Å². The second-order valence-corrected chi connectivity index (χ2v) is 6.78. The first-order chi connectivity index (χ1) is 12.6. The summed E-state index contributed by atoms with van der Waals surface area (Å²) < 4.78 is 10.2. The second kappa shape index (κ2) is 11.3. The average Bonchev–Trinajstić information content (AvgIpc) is 2.65. The molecule has 0 radical (unpaired) electrons. The molecule has 1 saturated carbocycles. The van der Waals surface area contributed by atoms with Crippen LogP contribution in [0.4, 0.5) is 4.79 Å². The first-order valence-corrected chi connectivity index (χ1v) is 9.40. The van der Waals surface area contributed by atoms with Gasteiger partial charge in [-0.2, -0.15) is 0 Å². The Kier molecular flexibility index (Phi) is 8.73. The number of nitrogens with one attached hydrogen (secondary N) is 1. The highest BCUT2D eigenvalue weighted by molar-refractivity contribution is 5.68. The lowest BCUT2D eigenvalue weighted by Gasteiger charge is -2.25. The van der Waals surface area contributed by atoms with Crippen LogP contribution in [0.25, 0.3) is 0 Å². The van der Waals surface area contributed by atoms with E-state index < -0.39 is 6.09 Å². The van der Waals surface area contributed by atoms with Gasteiger partial charge in [0.25, 0.3) is 0 Å². The molecule has 1 amide bonds. The first-order valence-electron chi connectivity index (χ1n) is 9.40. The van der Waals surface area contributed by atoms with E-state index in [0.29, 0.717) is 5.92 Å². The van der Waals surface area contributed by atoms with Gasteiger partial charge in [0.15, 0.2) is 0 Å². The molecule has 1 aromatic carbocycles. The van der Waals surface area contributed by atoms with Crippen LogP contribution in [0, 0.1) is 5.92 Å². The number of alkyl carbamates (subject to hydrolysis) is 1. The van der Waals surface area contributed by atoms with Crippen molar-refractivity contribution in [2.24, 2.45) is 5.92 Å². The van der Waals surface area contributed by atoms with Crippen LogP contribution >= 0.6 is 0 Å². The highest BCUT2D eigenvalue weighted by atomic mass is 16.5. The SMILES string of the molecule is CC(=O)OC/C=C\[C@H](CC1CCCCC1)NC(=O)OCc1ccccc1. The Labute approximate surface area is 155 Å². The standard InChI is InChI=1S/C21H29NO4/c1-17(23)25-14-8-13-20(15-18-9-4-2-5-10-18)22-21(24)26-16-19-11-6-3-7-12-19/h3,6-8,11-13,18,20H,2,4-5,9-10,14-16H2,1H3,(H,22,24)/b13-8-/t20-/m1/s1. The maximum atomic E-state index is 12.2. The summed E-state index contributed by atoms with van der Waals surface area (Å²) in [6, 6.07) is 9.49. The van der Waals surface area contributed by atoms with E-state index in [1.165, 1.54) is 39.0 Å². The number of carbonyl (C=O) groups is 2. The lowest BCUT2D eigenvalue weighted by molar-refractivity contribution is -0.139. The van der Waals surface area contributed by atoms with Crippen molar-refractivity contribution in [1.82, 2.24) is 5.32 Å². The molecular formula is C21H29NO4. The lowest BCUT2D eigenvalue weighted by Crippen LogP contribution is -2.35. The molecule has 0 heterocycles. The summed E-state index contributed by atoms with van der Waals surface area (Å²) in [7, 11) is 0. The molecule has 0 aromatic heterocycles. The molecule has 142 valence electrons. The molecule has 0 spiro atoms. The van der Waals surface area contributed by atoms with Crippen LogP contribution in [-0.2, 0) is 20.9 Å². The summed E-state index contributed by atoms with van der Waals surface area (Å²) in [4.78, 5) is 23.0. The maximum absolute atomic E-state index is 12.2. The number of esters is 1. The summed E-state index contributed by atoms with van der Waals surface area (Å²) in [6.45, 7) is 1.85. The number of hydrogen-bond acceptors (Lipinski definition) is 4. The van der Waals surface area contributed by atoms with Crippen LogP contribution in [-0.4, -0.2) is 24.7 Å². The third-order valence-electron chi connectivity index (χ3n) is 4.58. The van der Waals surface area contributed by atoms with Gasteiger partial charge in [-0.15, -0.1) is 0 Å². The fourth-order valence-corrected chi connectivity index (χ4v) is 3.27. The van der Waals surface area contributed by atoms with Crippen LogP contribution < -0.4 is 5.32 Å². The highest BCUT2D eigenvalue weighted by Gasteiger charge is 2.19. The van der Waals surface area contributed by atoms with Crippen molar-refractivity contribution in [2.45, 2.75) is 58.1 Å². The van der Waals surface area contributed by atoms with Gasteiger partial charge in [0.2, 0.25) is 0 Å². The Balaban J connectivity index is 1.84. The van der Waals surface area contributed by atoms with E-state index in [0.717, 1.165) is 12.0 Å². The topological polar surface area (TPSA) is 64.6 Å². The fourth-order valence-electron chi connectivity index (χ4n) is 3.27. The van der Waals surface area contributed by atoms with Crippen LogP contribution in [0.2, 0.25) is 0 Å². The molecule has 1 aliphatic rings. The molecule has 26 heavy (non-hydrogen) atoms. The van der Waals surface area contributed by atoms with Crippen LogP contribution in [0.3, 0.4) is 0 Å². The smallest absolute Gasteiger partial charge is 0.407 e. The van der Waals surface area contributed by atoms with Crippen molar-refractivity contribution >= 4 is 12.1 Å². The number of hydrogen-bond donors (Lipinski definition) is 1. The summed E-state index contributed by atoms with van der Waals surface area (Å²) in [5, 5.41) is 2.93. The molecule has 5 nitrogen and oxygen atoms in total. The summed E-state index contributed by atoms with van der Waals surface area (Å²) in [5.74, 6) is 0.301. The van der Waals surface area contributed by atoms with Gasteiger partial charge in [-0.05, 0) is 24.0 Å². The predicted octanol–water partition coefficient (Wildman–Crippen LogP) is 4.37. The molecular weight excluding hydrogens is 330 g/mol. The van der Waals surface area contributed by atoms with Gasteiger partial charge < -0.3 is 14.8 Å². The zero-order valence-electron chi connectivity index (χ0n) is 15.5. The molecule has 1 fully saturated rings. The van der Waals surface area contributed by atoms with Crippen molar-refractivity contribution < 1.29 is 19.1 Å². The third-order valence-corrected chi connectivity index (χ3v) is 4.58. The minimum Gasteiger partial charge on any atom is -0.462 e. The molecule has 1 N–H and O–H groups in total. The summed E-state index contributed by atoms with van der Waals surface area (Å²) >= 11 is 0. The van der Waals surface area contributed by atoms with Gasteiger partial charge in [0.05, 0.1) is 6.04 Å². The van der Waals surface area contributed by atoms with E-state index in [1.54, 1.807) is 6.08 Å². The molecule has 1 atom stereocenters.